The number of carbonyl (C=O) groups is 2. The first-order valence-corrected chi connectivity index (χ1v) is 5.32. The highest BCUT2D eigenvalue weighted by atomic mass is 16.5. The Bertz CT molecular complexity index is 367. The van der Waals surface area contributed by atoms with Crippen LogP contribution in [0.25, 0.3) is 0 Å². The van der Waals surface area contributed by atoms with Gasteiger partial charge in [0.05, 0.1) is 19.8 Å². The van der Waals surface area contributed by atoms with Gasteiger partial charge in [-0.05, 0) is 0 Å². The zero-order chi connectivity index (χ0) is 13.7. The Balaban J connectivity index is 2.52. The van der Waals surface area contributed by atoms with E-state index in [0.29, 0.717) is 11.3 Å². The number of aliphatic hydroxyl groups is 2. The van der Waals surface area contributed by atoms with Crippen LogP contribution < -0.4 is 11.1 Å². The van der Waals surface area contributed by atoms with Crippen LogP contribution in [-0.4, -0.2) is 59.2 Å². The summed E-state index contributed by atoms with van der Waals surface area (Å²) in [5.74, 6) is -2.06. The number of rotatable bonds is 6. The summed E-state index contributed by atoms with van der Waals surface area (Å²) >= 11 is 0. The van der Waals surface area contributed by atoms with Gasteiger partial charge < -0.3 is 31.1 Å². The molecule has 18 heavy (non-hydrogen) atoms. The average Bonchev–Trinajstić information content (AvgIpc) is 2.75. The van der Waals surface area contributed by atoms with Gasteiger partial charge in [-0.25, -0.2) is 0 Å². The number of amides is 1. The fraction of sp³-hybridized carbons (Fsp3) is 0.600. The van der Waals surface area contributed by atoms with E-state index in [1.807, 2.05) is 0 Å². The second-order valence-electron chi connectivity index (χ2n) is 3.92. The molecule has 2 atom stereocenters. The molecule has 0 aliphatic carbocycles. The summed E-state index contributed by atoms with van der Waals surface area (Å²) in [6.07, 6.45) is -1.91. The van der Waals surface area contributed by atoms with Crippen LogP contribution >= 0.6 is 0 Å². The van der Waals surface area contributed by atoms with Crippen molar-refractivity contribution < 1.29 is 29.6 Å². The van der Waals surface area contributed by atoms with Crippen LogP contribution in [0.5, 0.6) is 0 Å². The Labute approximate surface area is 103 Å². The molecular formula is C10H16N2O6. The molecule has 6 N–H and O–H groups in total. The molecule has 0 bridgehead atoms. The van der Waals surface area contributed by atoms with Crippen molar-refractivity contribution in [3.8, 4) is 0 Å². The van der Waals surface area contributed by atoms with Crippen LogP contribution in [-0.2, 0) is 14.3 Å². The molecule has 0 spiro atoms. The van der Waals surface area contributed by atoms with E-state index in [-0.39, 0.29) is 26.2 Å². The standard InChI is InChI=1S/C10H16N2O6/c11-6(10(16)17)1-8(14)9(15)12-7-4-18-3-5(7)2-13/h6,8,13-14H,1-4,11H2,(H,12,15)(H,16,17)/t6-,8+/m0/s1. The highest BCUT2D eigenvalue weighted by molar-refractivity contribution is 5.83. The van der Waals surface area contributed by atoms with Gasteiger partial charge in [0.25, 0.3) is 5.91 Å². The van der Waals surface area contributed by atoms with Gasteiger partial charge in [-0.2, -0.15) is 0 Å². The molecule has 1 aliphatic rings. The number of nitrogens with two attached hydrogens (primary N) is 1. The van der Waals surface area contributed by atoms with E-state index < -0.39 is 24.0 Å². The minimum atomic E-state index is -1.52. The molecule has 0 aromatic heterocycles. The van der Waals surface area contributed by atoms with Gasteiger partial charge in [0.2, 0.25) is 0 Å². The second kappa shape index (κ2) is 6.45. The molecule has 1 aliphatic heterocycles. The molecule has 1 heterocycles. The van der Waals surface area contributed by atoms with Crippen LogP contribution in [0.4, 0.5) is 0 Å². The number of carboxylic acids is 1. The maximum atomic E-state index is 11.5. The van der Waals surface area contributed by atoms with Gasteiger partial charge in [0, 0.05) is 17.7 Å². The molecule has 8 heteroatoms. The van der Waals surface area contributed by atoms with Gasteiger partial charge in [-0.15, -0.1) is 0 Å². The minimum absolute atomic E-state index is 0.138. The van der Waals surface area contributed by atoms with Crippen molar-refractivity contribution in [2.45, 2.75) is 18.6 Å². The molecule has 1 amide bonds. The fourth-order valence-corrected chi connectivity index (χ4v) is 1.41. The van der Waals surface area contributed by atoms with E-state index in [1.54, 1.807) is 0 Å². The maximum absolute atomic E-state index is 11.5. The molecule has 0 saturated carbocycles. The zero-order valence-electron chi connectivity index (χ0n) is 9.63. The molecule has 0 aromatic rings. The number of hydrogen-bond acceptors (Lipinski definition) is 6. The first-order chi connectivity index (χ1) is 8.45. The van der Waals surface area contributed by atoms with Crippen molar-refractivity contribution in [2.75, 3.05) is 19.8 Å². The average molecular weight is 260 g/mol. The monoisotopic (exact) mass is 260 g/mol. The molecule has 0 radical (unpaired) electrons. The number of nitrogens with one attached hydrogen (secondary N) is 1. The van der Waals surface area contributed by atoms with Gasteiger partial charge in [-0.1, -0.05) is 0 Å². The SMILES string of the molecule is N[C@@H](C[C@@H](O)C(=O)NC1=C(CO)COC1)C(=O)O. The fourth-order valence-electron chi connectivity index (χ4n) is 1.41. The first kappa shape index (κ1) is 14.6. The zero-order valence-corrected chi connectivity index (χ0v) is 9.63. The predicted octanol–water partition coefficient (Wildman–Crippen LogP) is -2.46. The van der Waals surface area contributed by atoms with Crippen LogP contribution in [0.15, 0.2) is 11.3 Å². The number of carbonyl (C=O) groups excluding carboxylic acids is 1. The Morgan fingerprint density at radius 3 is 2.67 bits per heavy atom. The number of aliphatic carboxylic acids is 1. The van der Waals surface area contributed by atoms with E-state index in [2.05, 4.69) is 5.32 Å². The van der Waals surface area contributed by atoms with Crippen LogP contribution in [0.3, 0.4) is 0 Å². The third kappa shape index (κ3) is 3.77. The first-order valence-electron chi connectivity index (χ1n) is 5.32. The van der Waals surface area contributed by atoms with Crippen molar-refractivity contribution in [2.24, 2.45) is 5.73 Å². The Morgan fingerprint density at radius 1 is 1.44 bits per heavy atom. The van der Waals surface area contributed by atoms with E-state index in [4.69, 9.17) is 20.7 Å². The van der Waals surface area contributed by atoms with E-state index >= 15 is 0 Å². The second-order valence-corrected chi connectivity index (χ2v) is 3.92. The van der Waals surface area contributed by atoms with E-state index in [0.717, 1.165) is 0 Å². The summed E-state index contributed by atoms with van der Waals surface area (Å²) in [5, 5.41) is 29.4. The maximum Gasteiger partial charge on any atom is 0.320 e. The van der Waals surface area contributed by atoms with Crippen molar-refractivity contribution in [3.63, 3.8) is 0 Å². The van der Waals surface area contributed by atoms with Gasteiger partial charge in [0.15, 0.2) is 0 Å². The van der Waals surface area contributed by atoms with Crippen LogP contribution in [0, 0.1) is 0 Å². The van der Waals surface area contributed by atoms with Crippen LogP contribution in [0.1, 0.15) is 6.42 Å². The molecule has 0 unspecified atom stereocenters. The lowest BCUT2D eigenvalue weighted by Gasteiger charge is -2.14. The van der Waals surface area contributed by atoms with Crippen molar-refractivity contribution in [1.82, 2.24) is 5.32 Å². The molecule has 0 saturated heterocycles. The summed E-state index contributed by atoms with van der Waals surface area (Å²) in [6.45, 7) is 0.108. The van der Waals surface area contributed by atoms with E-state index in [1.165, 1.54) is 0 Å². The van der Waals surface area contributed by atoms with Gasteiger partial charge in [0.1, 0.15) is 12.1 Å². The van der Waals surface area contributed by atoms with Crippen molar-refractivity contribution in [3.05, 3.63) is 11.3 Å². The summed E-state index contributed by atoms with van der Waals surface area (Å²) in [5.41, 5.74) is 6.12. The highest BCUT2D eigenvalue weighted by Gasteiger charge is 2.24. The quantitative estimate of drug-likeness (QED) is 0.356. The normalized spacial score (nSPS) is 18.6. The lowest BCUT2D eigenvalue weighted by atomic mass is 10.1. The van der Waals surface area contributed by atoms with Crippen molar-refractivity contribution in [1.29, 1.82) is 0 Å². The molecule has 0 aromatic carbocycles. The summed E-state index contributed by atoms with van der Waals surface area (Å²) < 4.78 is 5.01. The van der Waals surface area contributed by atoms with Gasteiger partial charge >= 0.3 is 5.97 Å². The van der Waals surface area contributed by atoms with Crippen molar-refractivity contribution >= 4 is 11.9 Å². The number of ether oxygens (including phenoxy) is 1. The number of aliphatic hydroxyl groups excluding tert-OH is 2. The Kier molecular flexibility index (Phi) is 5.23. The van der Waals surface area contributed by atoms with Gasteiger partial charge in [-0.3, -0.25) is 9.59 Å². The summed E-state index contributed by atoms with van der Waals surface area (Å²) in [4.78, 5) is 22.0. The third-order valence-corrected chi connectivity index (χ3v) is 2.51. The van der Waals surface area contributed by atoms with E-state index in [9.17, 15) is 14.7 Å². The summed E-state index contributed by atoms with van der Waals surface area (Å²) in [7, 11) is 0. The molecule has 0 fully saturated rings. The minimum Gasteiger partial charge on any atom is -0.480 e. The van der Waals surface area contributed by atoms with Crippen LogP contribution in [0.2, 0.25) is 0 Å². The summed E-state index contributed by atoms with van der Waals surface area (Å²) in [6, 6.07) is -1.31. The molecule has 1 rings (SSSR count). The molecule has 102 valence electrons. The Hall–Kier alpha value is -1.48. The highest BCUT2D eigenvalue weighted by Crippen LogP contribution is 2.11. The number of hydrogen-bond donors (Lipinski definition) is 5. The Morgan fingerprint density at radius 2 is 2.11 bits per heavy atom. The topological polar surface area (TPSA) is 142 Å². The lowest BCUT2D eigenvalue weighted by Crippen LogP contribution is -2.41. The molecule has 8 nitrogen and oxygen atoms in total. The lowest BCUT2D eigenvalue weighted by molar-refractivity contribution is -0.140. The largest absolute Gasteiger partial charge is 0.480 e. The number of carboxylic acid groups (broad SMARTS) is 1. The smallest absolute Gasteiger partial charge is 0.320 e. The third-order valence-electron chi connectivity index (χ3n) is 2.51. The molecular weight excluding hydrogens is 244 g/mol. The predicted molar refractivity (Wildman–Crippen MR) is 59.3 cm³/mol.